The van der Waals surface area contributed by atoms with Crippen LogP contribution in [-0.4, -0.2) is 76.6 Å². The summed E-state index contributed by atoms with van der Waals surface area (Å²) in [6.07, 6.45) is -2.83. The number of ether oxygens (including phenoxy) is 2. The van der Waals surface area contributed by atoms with Crippen molar-refractivity contribution in [2.24, 2.45) is 5.41 Å². The zero-order valence-electron chi connectivity index (χ0n) is 29.4. The third-order valence-corrected chi connectivity index (χ3v) is 9.68. The Bertz CT molecular complexity index is 1890. The molecule has 0 bridgehead atoms. The monoisotopic (exact) mass is 720 g/mol. The number of aromatic nitrogens is 4. The number of piperidine rings is 1. The fourth-order valence-corrected chi connectivity index (χ4v) is 6.94. The van der Waals surface area contributed by atoms with Crippen LogP contribution in [0, 0.1) is 12.3 Å². The van der Waals surface area contributed by atoms with Crippen LogP contribution in [0.2, 0.25) is 0 Å². The lowest BCUT2D eigenvalue weighted by Crippen LogP contribution is -2.41. The molecule has 276 valence electrons. The number of nitrogens with zero attached hydrogens (tertiary/aromatic N) is 5. The van der Waals surface area contributed by atoms with Crippen molar-refractivity contribution >= 4 is 23.6 Å². The second-order valence-corrected chi connectivity index (χ2v) is 13.4. The molecule has 4 N–H and O–H groups in total. The Morgan fingerprint density at radius 2 is 1.81 bits per heavy atom. The van der Waals surface area contributed by atoms with Crippen molar-refractivity contribution in [3.63, 3.8) is 0 Å². The number of aryl methyl sites for hydroxylation is 1. The molecule has 6 rings (SSSR count). The minimum absolute atomic E-state index is 0.0869. The molecule has 0 saturated carbocycles. The van der Waals surface area contributed by atoms with Gasteiger partial charge in [-0.05, 0) is 73.8 Å². The Balaban J connectivity index is 1.24. The van der Waals surface area contributed by atoms with E-state index in [9.17, 15) is 22.8 Å². The van der Waals surface area contributed by atoms with E-state index >= 15 is 0 Å². The Kier molecular flexibility index (Phi) is 10.7. The summed E-state index contributed by atoms with van der Waals surface area (Å²) in [4.78, 5) is 33.8. The van der Waals surface area contributed by atoms with Gasteiger partial charge in [-0.15, -0.1) is 0 Å². The van der Waals surface area contributed by atoms with Gasteiger partial charge in [-0.2, -0.15) is 28.2 Å². The number of anilines is 2. The van der Waals surface area contributed by atoms with Crippen LogP contribution in [-0.2, 0) is 20.7 Å². The number of alkyl halides is 3. The van der Waals surface area contributed by atoms with Crippen molar-refractivity contribution in [3.05, 3.63) is 77.6 Å². The molecular formula is C37H43F3N8O4. The minimum Gasteiger partial charge on any atom is -0.465 e. The second kappa shape index (κ2) is 15.2. The summed E-state index contributed by atoms with van der Waals surface area (Å²) in [5.41, 5.74) is 9.11. The number of nitrogens with two attached hydrogens (primary N) is 1. The van der Waals surface area contributed by atoms with E-state index in [1.807, 2.05) is 29.2 Å². The van der Waals surface area contributed by atoms with Crippen LogP contribution in [0.15, 0.2) is 60.8 Å². The number of hydrogen-bond donors (Lipinski definition) is 3. The van der Waals surface area contributed by atoms with Gasteiger partial charge in [0, 0.05) is 50.9 Å². The molecule has 2 saturated heterocycles. The third kappa shape index (κ3) is 8.47. The maximum absolute atomic E-state index is 15.0. The SMILES string of the molecule is CCOC(=O)[C@@H]1CC2(CCN(c3cc(OC(c4ccc(-c5ccc(CCNC(C)=O)cc5)cc4-n4ccc(C)n4)C(F)(F)F)nc(N)n3)CC2)CN1. The predicted molar refractivity (Wildman–Crippen MR) is 189 cm³/mol. The van der Waals surface area contributed by atoms with E-state index in [1.54, 1.807) is 38.2 Å². The van der Waals surface area contributed by atoms with Crippen molar-refractivity contribution in [2.75, 3.05) is 43.4 Å². The average molecular weight is 721 g/mol. The number of halogens is 3. The molecule has 0 aliphatic carbocycles. The second-order valence-electron chi connectivity index (χ2n) is 13.4. The smallest absolute Gasteiger partial charge is 0.429 e. The highest BCUT2D eigenvalue weighted by Gasteiger charge is 2.46. The first-order valence-corrected chi connectivity index (χ1v) is 17.4. The van der Waals surface area contributed by atoms with Gasteiger partial charge in [0.15, 0.2) is 0 Å². The van der Waals surface area contributed by atoms with Gasteiger partial charge in [0.1, 0.15) is 11.9 Å². The molecule has 2 aliphatic rings. The Morgan fingerprint density at radius 3 is 2.46 bits per heavy atom. The molecular weight excluding hydrogens is 677 g/mol. The van der Waals surface area contributed by atoms with Crippen LogP contribution >= 0.6 is 0 Å². The maximum Gasteiger partial charge on any atom is 0.429 e. The molecule has 4 aromatic rings. The largest absolute Gasteiger partial charge is 0.465 e. The number of amides is 1. The lowest BCUT2D eigenvalue weighted by Gasteiger charge is -2.39. The lowest BCUT2D eigenvalue weighted by molar-refractivity contribution is -0.198. The van der Waals surface area contributed by atoms with E-state index in [-0.39, 0.29) is 46.4 Å². The summed E-state index contributed by atoms with van der Waals surface area (Å²) >= 11 is 0. The molecule has 15 heteroatoms. The zero-order valence-corrected chi connectivity index (χ0v) is 29.4. The number of hydrogen-bond acceptors (Lipinski definition) is 10. The van der Waals surface area contributed by atoms with Crippen molar-refractivity contribution in [3.8, 4) is 22.7 Å². The standard InChI is InChI=1S/C37H43F3N8O4/c1-4-51-34(50)29-21-36(22-43-29)13-17-47(18-14-36)31-20-32(45-35(41)44-31)52-33(37(38,39)40)28-10-9-27(19-30(28)48-16-12-23(2)46-48)26-7-5-25(6-8-26)11-15-42-24(3)49/h5-10,12,16,19-20,29,33,43H,4,11,13-15,17-18,21-22H2,1-3H3,(H,42,49)(H2,41,44,45)/t29-,33?/m0/s1. The molecule has 4 heterocycles. The van der Waals surface area contributed by atoms with Crippen molar-refractivity contribution in [2.45, 2.75) is 64.8 Å². The minimum atomic E-state index is -4.84. The normalized spacial score (nSPS) is 17.6. The zero-order chi connectivity index (χ0) is 37.0. The summed E-state index contributed by atoms with van der Waals surface area (Å²) in [6.45, 7) is 7.63. The summed E-state index contributed by atoms with van der Waals surface area (Å²) in [5.74, 6) is -0.511. The number of carbonyl (C=O) groups is 2. The van der Waals surface area contributed by atoms with E-state index in [4.69, 9.17) is 15.2 Å². The molecule has 0 radical (unpaired) electrons. The summed E-state index contributed by atoms with van der Waals surface area (Å²) in [5, 5.41) is 10.5. The highest BCUT2D eigenvalue weighted by atomic mass is 19.4. The first kappa shape index (κ1) is 36.6. The van der Waals surface area contributed by atoms with Crippen molar-refractivity contribution in [1.82, 2.24) is 30.4 Å². The fourth-order valence-electron chi connectivity index (χ4n) is 6.94. The molecule has 1 spiro atoms. The van der Waals surface area contributed by atoms with Crippen molar-refractivity contribution < 1.29 is 32.2 Å². The molecule has 52 heavy (non-hydrogen) atoms. The highest BCUT2D eigenvalue weighted by molar-refractivity contribution is 5.76. The number of carbonyl (C=O) groups excluding carboxylic acids is 2. The van der Waals surface area contributed by atoms with Crippen LogP contribution in [0.3, 0.4) is 0 Å². The van der Waals surface area contributed by atoms with Crippen LogP contribution < -0.4 is 26.0 Å². The van der Waals surface area contributed by atoms with Crippen molar-refractivity contribution in [1.29, 1.82) is 0 Å². The quantitative estimate of drug-likeness (QED) is 0.179. The van der Waals surface area contributed by atoms with Gasteiger partial charge in [-0.25, -0.2) is 4.68 Å². The molecule has 12 nitrogen and oxygen atoms in total. The van der Waals surface area contributed by atoms with Gasteiger partial charge in [-0.3, -0.25) is 9.59 Å². The molecule has 2 aromatic carbocycles. The maximum atomic E-state index is 15.0. The van der Waals surface area contributed by atoms with Crippen LogP contribution in [0.1, 0.15) is 56.0 Å². The third-order valence-electron chi connectivity index (χ3n) is 9.68. The van der Waals surface area contributed by atoms with Crippen LogP contribution in [0.25, 0.3) is 16.8 Å². The molecule has 2 atom stereocenters. The van der Waals surface area contributed by atoms with Crippen LogP contribution in [0.5, 0.6) is 5.88 Å². The Labute approximate surface area is 299 Å². The number of esters is 1. The van der Waals surface area contributed by atoms with Gasteiger partial charge >= 0.3 is 12.1 Å². The van der Waals surface area contributed by atoms with Gasteiger partial charge in [0.25, 0.3) is 0 Å². The number of rotatable bonds is 11. The first-order valence-electron chi connectivity index (χ1n) is 17.4. The van der Waals surface area contributed by atoms with Gasteiger partial charge in [0.05, 0.1) is 18.0 Å². The Hall–Kier alpha value is -5.18. The average Bonchev–Trinajstić information content (AvgIpc) is 3.73. The summed E-state index contributed by atoms with van der Waals surface area (Å²) in [6, 6.07) is 15.1. The molecule has 1 amide bonds. The van der Waals surface area contributed by atoms with Gasteiger partial charge < -0.3 is 30.7 Å². The summed E-state index contributed by atoms with van der Waals surface area (Å²) < 4.78 is 57.2. The number of nitrogen functional groups attached to an aromatic ring is 1. The first-order chi connectivity index (χ1) is 24.8. The topological polar surface area (TPSA) is 150 Å². The highest BCUT2D eigenvalue weighted by Crippen LogP contribution is 2.43. The predicted octanol–water partition coefficient (Wildman–Crippen LogP) is 5.09. The number of nitrogens with one attached hydrogen (secondary N) is 2. The van der Waals surface area contributed by atoms with E-state index in [0.717, 1.165) is 24.0 Å². The molecule has 2 aromatic heterocycles. The van der Waals surface area contributed by atoms with Gasteiger partial charge in [0.2, 0.25) is 23.8 Å². The molecule has 1 unspecified atom stereocenters. The number of benzene rings is 2. The van der Waals surface area contributed by atoms with Crippen LogP contribution in [0.4, 0.5) is 24.9 Å². The van der Waals surface area contributed by atoms with E-state index < -0.39 is 12.3 Å². The molecule has 2 aliphatic heterocycles. The van der Waals surface area contributed by atoms with E-state index in [0.29, 0.717) is 62.7 Å². The van der Waals surface area contributed by atoms with Gasteiger partial charge in [-0.1, -0.05) is 36.4 Å². The summed E-state index contributed by atoms with van der Waals surface area (Å²) in [7, 11) is 0. The van der Waals surface area contributed by atoms with E-state index in [1.165, 1.54) is 23.7 Å². The lowest BCUT2D eigenvalue weighted by atomic mass is 9.76. The Morgan fingerprint density at radius 1 is 1.08 bits per heavy atom. The fraction of sp³-hybridized carbons (Fsp3) is 0.432. The van der Waals surface area contributed by atoms with E-state index in [2.05, 4.69) is 25.7 Å². The molecule has 2 fully saturated rings.